The van der Waals surface area contributed by atoms with Crippen molar-refractivity contribution in [3.05, 3.63) is 42.5 Å². The van der Waals surface area contributed by atoms with E-state index in [4.69, 9.17) is 4.74 Å². The molecular formula is C18H22FN5O2. The first-order chi connectivity index (χ1) is 12.5. The van der Waals surface area contributed by atoms with E-state index in [1.165, 1.54) is 12.1 Å². The van der Waals surface area contributed by atoms with Gasteiger partial charge in [-0.15, -0.1) is 0 Å². The second-order valence-corrected chi connectivity index (χ2v) is 6.32. The van der Waals surface area contributed by atoms with E-state index in [1.807, 2.05) is 19.0 Å². The lowest BCUT2D eigenvalue weighted by molar-refractivity contribution is 0.103. The molecule has 1 aromatic carbocycles. The summed E-state index contributed by atoms with van der Waals surface area (Å²) in [4.78, 5) is 24.4. The molecule has 138 valence electrons. The topological polar surface area (TPSA) is 70.6 Å². The maximum atomic E-state index is 13.7. The normalized spacial score (nSPS) is 16.9. The number of carbonyl (C=O) groups is 1. The van der Waals surface area contributed by atoms with Crippen LogP contribution in [0.5, 0.6) is 5.88 Å². The first-order valence-electron chi connectivity index (χ1n) is 8.50. The number of urea groups is 1. The van der Waals surface area contributed by atoms with Gasteiger partial charge in [-0.1, -0.05) is 12.1 Å². The van der Waals surface area contributed by atoms with Crippen LogP contribution in [-0.2, 0) is 0 Å². The highest BCUT2D eigenvalue weighted by molar-refractivity contribution is 5.89. The van der Waals surface area contributed by atoms with Gasteiger partial charge in [-0.05, 0) is 25.0 Å². The number of hydrogen-bond acceptors (Lipinski definition) is 5. The molecule has 1 fully saturated rings. The van der Waals surface area contributed by atoms with Crippen LogP contribution < -0.4 is 15.0 Å². The number of nitrogens with one attached hydrogen (secondary N) is 1. The molecule has 1 unspecified atom stereocenters. The van der Waals surface area contributed by atoms with Gasteiger partial charge in [0.05, 0.1) is 12.2 Å². The van der Waals surface area contributed by atoms with Crippen molar-refractivity contribution >= 4 is 17.5 Å². The number of carbonyl (C=O) groups excluding carboxylic acids is 1. The molecule has 7 nitrogen and oxygen atoms in total. The highest BCUT2D eigenvalue weighted by Crippen LogP contribution is 2.24. The van der Waals surface area contributed by atoms with Gasteiger partial charge in [0.1, 0.15) is 11.9 Å². The molecule has 1 aliphatic rings. The summed E-state index contributed by atoms with van der Waals surface area (Å²) in [6, 6.07) is 5.77. The van der Waals surface area contributed by atoms with Gasteiger partial charge in [0.15, 0.2) is 5.82 Å². The predicted octanol–water partition coefficient (Wildman–Crippen LogP) is 2.76. The summed E-state index contributed by atoms with van der Waals surface area (Å²) in [5.41, 5.74) is 0.171. The molecule has 0 saturated carbocycles. The highest BCUT2D eigenvalue weighted by Gasteiger charge is 2.26. The number of nitrogens with zero attached hydrogens (tertiary/aromatic N) is 4. The lowest BCUT2D eigenvalue weighted by atomic mass is 10.1. The zero-order valence-corrected chi connectivity index (χ0v) is 14.9. The molecule has 0 radical (unpaired) electrons. The average molecular weight is 359 g/mol. The molecule has 1 atom stereocenters. The van der Waals surface area contributed by atoms with Crippen molar-refractivity contribution in [3.8, 4) is 5.88 Å². The fraction of sp³-hybridized carbons (Fsp3) is 0.389. The minimum Gasteiger partial charge on any atom is -0.470 e. The lowest BCUT2D eigenvalue weighted by Crippen LogP contribution is -2.46. The molecule has 1 N–H and O–H groups in total. The van der Waals surface area contributed by atoms with E-state index in [9.17, 15) is 9.18 Å². The minimum atomic E-state index is -0.458. The number of halogens is 1. The summed E-state index contributed by atoms with van der Waals surface area (Å²) in [6.45, 7) is 1.00. The fourth-order valence-electron chi connectivity index (χ4n) is 2.84. The van der Waals surface area contributed by atoms with Crippen molar-refractivity contribution in [1.82, 2.24) is 14.9 Å². The maximum absolute atomic E-state index is 13.7. The van der Waals surface area contributed by atoms with Gasteiger partial charge in [-0.25, -0.2) is 19.2 Å². The quantitative estimate of drug-likeness (QED) is 0.909. The minimum absolute atomic E-state index is 0.171. The summed E-state index contributed by atoms with van der Waals surface area (Å²) >= 11 is 0. The average Bonchev–Trinajstić information content (AvgIpc) is 2.64. The summed E-state index contributed by atoms with van der Waals surface area (Å²) in [6.07, 6.45) is 4.61. The Morgan fingerprint density at radius 3 is 2.85 bits per heavy atom. The van der Waals surface area contributed by atoms with Crippen molar-refractivity contribution < 1.29 is 13.9 Å². The van der Waals surface area contributed by atoms with Crippen molar-refractivity contribution in [2.75, 3.05) is 37.4 Å². The van der Waals surface area contributed by atoms with Gasteiger partial charge in [-0.3, -0.25) is 0 Å². The van der Waals surface area contributed by atoms with Gasteiger partial charge < -0.3 is 19.9 Å². The number of likely N-dealkylation sites (tertiary alicyclic amines) is 1. The Kier molecular flexibility index (Phi) is 5.50. The van der Waals surface area contributed by atoms with E-state index in [2.05, 4.69) is 15.3 Å². The van der Waals surface area contributed by atoms with Crippen molar-refractivity contribution in [2.24, 2.45) is 0 Å². The van der Waals surface area contributed by atoms with Crippen LogP contribution in [0.4, 0.5) is 20.7 Å². The smallest absolute Gasteiger partial charge is 0.322 e. The second-order valence-electron chi connectivity index (χ2n) is 6.32. The molecule has 1 aromatic heterocycles. The number of benzene rings is 1. The van der Waals surface area contributed by atoms with Crippen LogP contribution in [0.2, 0.25) is 0 Å². The number of rotatable bonds is 4. The number of piperidine rings is 1. The van der Waals surface area contributed by atoms with E-state index >= 15 is 0 Å². The predicted molar refractivity (Wildman–Crippen MR) is 97.0 cm³/mol. The van der Waals surface area contributed by atoms with Crippen molar-refractivity contribution in [1.29, 1.82) is 0 Å². The zero-order chi connectivity index (χ0) is 18.5. The first-order valence-corrected chi connectivity index (χ1v) is 8.50. The van der Waals surface area contributed by atoms with E-state index in [0.29, 0.717) is 24.8 Å². The Morgan fingerprint density at radius 2 is 2.08 bits per heavy atom. The first kappa shape index (κ1) is 17.9. The largest absolute Gasteiger partial charge is 0.470 e. The van der Waals surface area contributed by atoms with E-state index in [0.717, 1.165) is 12.8 Å². The third kappa shape index (κ3) is 4.19. The van der Waals surface area contributed by atoms with Gasteiger partial charge in [0.25, 0.3) is 5.88 Å². The number of para-hydroxylation sites is 1. The number of anilines is 2. The molecule has 0 aliphatic carbocycles. The van der Waals surface area contributed by atoms with Crippen molar-refractivity contribution in [3.63, 3.8) is 0 Å². The molecule has 26 heavy (non-hydrogen) atoms. The molecular weight excluding hydrogens is 337 g/mol. The van der Waals surface area contributed by atoms with E-state index in [-0.39, 0.29) is 17.8 Å². The lowest BCUT2D eigenvalue weighted by Gasteiger charge is -2.33. The highest BCUT2D eigenvalue weighted by atomic mass is 19.1. The molecule has 3 rings (SSSR count). The molecule has 2 amide bonds. The molecule has 0 spiro atoms. The van der Waals surface area contributed by atoms with Crippen LogP contribution >= 0.6 is 0 Å². The van der Waals surface area contributed by atoms with Crippen LogP contribution in [0.15, 0.2) is 36.7 Å². The van der Waals surface area contributed by atoms with E-state index in [1.54, 1.807) is 29.4 Å². The van der Waals surface area contributed by atoms with Crippen LogP contribution in [-0.4, -0.2) is 54.2 Å². The Hall–Kier alpha value is -2.90. The fourth-order valence-corrected chi connectivity index (χ4v) is 2.84. The molecule has 2 heterocycles. The van der Waals surface area contributed by atoms with Crippen LogP contribution in [0.3, 0.4) is 0 Å². The molecule has 2 aromatic rings. The summed E-state index contributed by atoms with van der Waals surface area (Å²) < 4.78 is 19.7. The SMILES string of the molecule is CN(C)c1nccnc1OC1CCCN(C(=O)Nc2ccccc2F)C1. The van der Waals surface area contributed by atoms with Gasteiger partial charge in [-0.2, -0.15) is 0 Å². The second kappa shape index (κ2) is 7.99. The third-order valence-electron chi connectivity index (χ3n) is 4.13. The standard InChI is InChI=1S/C18H22FN5O2/c1-23(2)16-17(21-10-9-20-16)26-13-6-5-11-24(12-13)18(25)22-15-8-4-3-7-14(15)19/h3-4,7-10,13H,5-6,11-12H2,1-2H3,(H,22,25). The molecule has 1 saturated heterocycles. The van der Waals surface area contributed by atoms with Crippen LogP contribution in [0, 0.1) is 5.82 Å². The molecule has 8 heteroatoms. The molecule has 0 bridgehead atoms. The van der Waals surface area contributed by atoms with E-state index < -0.39 is 5.82 Å². The summed E-state index contributed by atoms with van der Waals surface area (Å²) in [7, 11) is 3.73. The number of ether oxygens (including phenoxy) is 1. The van der Waals surface area contributed by atoms with Crippen molar-refractivity contribution in [2.45, 2.75) is 18.9 Å². The Balaban J connectivity index is 1.64. The van der Waals surface area contributed by atoms with Gasteiger partial charge >= 0.3 is 6.03 Å². The Morgan fingerprint density at radius 1 is 1.31 bits per heavy atom. The maximum Gasteiger partial charge on any atom is 0.322 e. The zero-order valence-electron chi connectivity index (χ0n) is 14.9. The van der Waals surface area contributed by atoms with Crippen LogP contribution in [0.25, 0.3) is 0 Å². The van der Waals surface area contributed by atoms with Crippen LogP contribution in [0.1, 0.15) is 12.8 Å². The number of amides is 2. The number of hydrogen-bond donors (Lipinski definition) is 1. The molecule has 1 aliphatic heterocycles. The monoisotopic (exact) mass is 359 g/mol. The number of aromatic nitrogens is 2. The van der Waals surface area contributed by atoms with Gasteiger partial charge in [0.2, 0.25) is 0 Å². The third-order valence-corrected chi connectivity index (χ3v) is 4.13. The summed E-state index contributed by atoms with van der Waals surface area (Å²) in [5.74, 6) is 0.625. The summed E-state index contributed by atoms with van der Waals surface area (Å²) in [5, 5.41) is 2.61. The Bertz CT molecular complexity index is 771. The van der Waals surface area contributed by atoms with Gasteiger partial charge in [0, 0.05) is 33.0 Å². The Labute approximate surface area is 151 Å².